The van der Waals surface area contributed by atoms with Crippen molar-refractivity contribution in [2.75, 3.05) is 5.32 Å². The lowest BCUT2D eigenvalue weighted by atomic mass is 10.1. The van der Waals surface area contributed by atoms with Gasteiger partial charge in [-0.15, -0.1) is 0 Å². The molecule has 27 heavy (non-hydrogen) atoms. The normalized spacial score (nSPS) is 10.5. The Bertz CT molecular complexity index is 989. The Balaban J connectivity index is 1.88. The number of halogens is 2. The molecule has 0 amide bonds. The molecule has 138 valence electrons. The molecule has 0 saturated heterocycles. The highest BCUT2D eigenvalue weighted by Crippen LogP contribution is 2.40. The smallest absolute Gasteiger partial charge is 0.337 e. The molecule has 0 aromatic heterocycles. The van der Waals surface area contributed by atoms with Crippen LogP contribution < -0.4 is 10.1 Å². The van der Waals surface area contributed by atoms with E-state index in [1.807, 2.05) is 31.2 Å². The first kappa shape index (κ1) is 19.1. The number of nitrogens with one attached hydrogen (secondary N) is 1. The molecule has 0 radical (unpaired) electrons. The first-order valence-electron chi connectivity index (χ1n) is 8.22. The predicted octanol–water partition coefficient (Wildman–Crippen LogP) is 6.32. The third kappa shape index (κ3) is 4.35. The van der Waals surface area contributed by atoms with Gasteiger partial charge in [0.1, 0.15) is 17.4 Å². The number of anilines is 2. The molecule has 0 heterocycles. The van der Waals surface area contributed by atoms with Crippen LogP contribution >= 0.6 is 23.2 Å². The molecule has 4 nitrogen and oxygen atoms in total. The van der Waals surface area contributed by atoms with Crippen LogP contribution in [0, 0.1) is 6.92 Å². The quantitative estimate of drug-likeness (QED) is 0.506. The van der Waals surface area contributed by atoms with E-state index >= 15 is 0 Å². The Kier molecular flexibility index (Phi) is 5.89. The summed E-state index contributed by atoms with van der Waals surface area (Å²) in [6, 6.07) is 17.8. The zero-order valence-corrected chi connectivity index (χ0v) is 16.0. The summed E-state index contributed by atoms with van der Waals surface area (Å²) in [5.41, 5.74) is 3.08. The van der Waals surface area contributed by atoms with Gasteiger partial charge < -0.3 is 15.2 Å². The van der Waals surface area contributed by atoms with Crippen LogP contribution in [-0.2, 0) is 6.61 Å². The molecule has 3 aromatic rings. The van der Waals surface area contributed by atoms with Gasteiger partial charge in [-0.05, 0) is 42.3 Å². The van der Waals surface area contributed by atoms with Gasteiger partial charge >= 0.3 is 5.97 Å². The van der Waals surface area contributed by atoms with E-state index in [1.54, 1.807) is 30.3 Å². The van der Waals surface area contributed by atoms with Crippen LogP contribution in [-0.4, -0.2) is 11.1 Å². The number of carbonyl (C=O) groups is 1. The van der Waals surface area contributed by atoms with Gasteiger partial charge in [0, 0.05) is 0 Å². The Labute approximate surface area is 167 Å². The molecular formula is C21H17Cl2NO3. The maximum Gasteiger partial charge on any atom is 0.337 e. The third-order valence-corrected chi connectivity index (χ3v) is 4.81. The summed E-state index contributed by atoms with van der Waals surface area (Å²) >= 11 is 12.8. The van der Waals surface area contributed by atoms with Gasteiger partial charge in [0.25, 0.3) is 0 Å². The van der Waals surface area contributed by atoms with Crippen LogP contribution in [0.1, 0.15) is 21.5 Å². The van der Waals surface area contributed by atoms with Crippen molar-refractivity contribution < 1.29 is 14.6 Å². The number of hydrogen-bond acceptors (Lipinski definition) is 3. The number of carboxylic acids is 1. The molecule has 0 bridgehead atoms. The van der Waals surface area contributed by atoms with E-state index in [4.69, 9.17) is 27.9 Å². The molecule has 0 unspecified atom stereocenters. The SMILES string of the molecule is Cc1ccccc1COc1ccc(Cl)c(Nc2ccccc2C(=O)O)c1Cl. The van der Waals surface area contributed by atoms with Crippen LogP contribution in [0.15, 0.2) is 60.7 Å². The van der Waals surface area contributed by atoms with Gasteiger partial charge in [-0.1, -0.05) is 59.6 Å². The molecule has 3 aromatic carbocycles. The van der Waals surface area contributed by atoms with Crippen molar-refractivity contribution in [1.82, 2.24) is 0 Å². The van der Waals surface area contributed by atoms with E-state index in [2.05, 4.69) is 5.32 Å². The Morgan fingerprint density at radius 1 is 1.04 bits per heavy atom. The number of para-hydroxylation sites is 1. The van der Waals surface area contributed by atoms with E-state index in [-0.39, 0.29) is 10.6 Å². The molecule has 3 rings (SSSR count). The van der Waals surface area contributed by atoms with Gasteiger partial charge in [-0.3, -0.25) is 0 Å². The van der Waals surface area contributed by atoms with Crippen molar-refractivity contribution in [3.05, 3.63) is 87.4 Å². The number of ether oxygens (including phenoxy) is 1. The van der Waals surface area contributed by atoms with E-state index < -0.39 is 5.97 Å². The van der Waals surface area contributed by atoms with Gasteiger partial charge in [0.2, 0.25) is 0 Å². The van der Waals surface area contributed by atoms with Gasteiger partial charge in [-0.2, -0.15) is 0 Å². The Hall–Kier alpha value is -2.69. The lowest BCUT2D eigenvalue weighted by molar-refractivity contribution is 0.0698. The minimum Gasteiger partial charge on any atom is -0.487 e. The van der Waals surface area contributed by atoms with E-state index in [0.717, 1.165) is 11.1 Å². The zero-order valence-electron chi connectivity index (χ0n) is 14.5. The first-order valence-corrected chi connectivity index (χ1v) is 8.97. The number of carboxylic acid groups (broad SMARTS) is 1. The Morgan fingerprint density at radius 2 is 1.74 bits per heavy atom. The number of aryl methyl sites for hydroxylation is 1. The maximum atomic E-state index is 11.4. The maximum absolute atomic E-state index is 11.4. The Morgan fingerprint density at radius 3 is 2.48 bits per heavy atom. The molecule has 0 saturated carbocycles. The average Bonchev–Trinajstić information content (AvgIpc) is 2.66. The van der Waals surface area contributed by atoms with E-state index in [0.29, 0.717) is 28.8 Å². The number of benzene rings is 3. The van der Waals surface area contributed by atoms with E-state index in [1.165, 1.54) is 6.07 Å². The summed E-state index contributed by atoms with van der Waals surface area (Å²) in [6.45, 7) is 2.37. The molecule has 0 aliphatic rings. The van der Waals surface area contributed by atoms with Gasteiger partial charge in [-0.25, -0.2) is 4.79 Å². The summed E-state index contributed by atoms with van der Waals surface area (Å²) in [4.78, 5) is 11.4. The summed E-state index contributed by atoms with van der Waals surface area (Å²) in [6.07, 6.45) is 0. The fourth-order valence-electron chi connectivity index (χ4n) is 2.60. The molecule has 0 fully saturated rings. The molecule has 0 atom stereocenters. The van der Waals surface area contributed by atoms with Gasteiger partial charge in [0.05, 0.1) is 22.0 Å². The van der Waals surface area contributed by atoms with Crippen LogP contribution in [0.4, 0.5) is 11.4 Å². The van der Waals surface area contributed by atoms with Crippen molar-refractivity contribution in [3.8, 4) is 5.75 Å². The molecule has 2 N–H and O–H groups in total. The minimum absolute atomic E-state index is 0.121. The molecule has 0 aliphatic heterocycles. The highest BCUT2D eigenvalue weighted by molar-refractivity contribution is 6.40. The number of aromatic carboxylic acids is 1. The molecular weight excluding hydrogens is 385 g/mol. The van der Waals surface area contributed by atoms with Crippen molar-refractivity contribution in [1.29, 1.82) is 0 Å². The average molecular weight is 402 g/mol. The second-order valence-corrected chi connectivity index (χ2v) is 6.71. The largest absolute Gasteiger partial charge is 0.487 e. The third-order valence-electron chi connectivity index (χ3n) is 4.12. The van der Waals surface area contributed by atoms with Crippen molar-refractivity contribution >= 4 is 40.5 Å². The minimum atomic E-state index is -1.04. The van der Waals surface area contributed by atoms with Crippen LogP contribution in [0.5, 0.6) is 5.75 Å². The topological polar surface area (TPSA) is 58.6 Å². The second-order valence-electron chi connectivity index (χ2n) is 5.93. The fraction of sp³-hybridized carbons (Fsp3) is 0.0952. The molecule has 0 spiro atoms. The molecule has 0 aliphatic carbocycles. The highest BCUT2D eigenvalue weighted by Gasteiger charge is 2.16. The standard InChI is InChI=1S/C21H17Cl2NO3/c1-13-6-2-3-7-14(13)12-27-18-11-10-16(22)20(19(18)23)24-17-9-5-4-8-15(17)21(25)26/h2-11,24H,12H2,1H3,(H,25,26). The van der Waals surface area contributed by atoms with E-state index in [9.17, 15) is 9.90 Å². The van der Waals surface area contributed by atoms with Gasteiger partial charge in [0.15, 0.2) is 0 Å². The summed E-state index contributed by atoms with van der Waals surface area (Å²) in [5.74, 6) is -0.586. The van der Waals surface area contributed by atoms with Crippen LogP contribution in [0.2, 0.25) is 10.0 Å². The van der Waals surface area contributed by atoms with Crippen LogP contribution in [0.3, 0.4) is 0 Å². The fourth-order valence-corrected chi connectivity index (χ4v) is 3.12. The lowest BCUT2D eigenvalue weighted by Crippen LogP contribution is -2.04. The molecule has 6 heteroatoms. The second kappa shape index (κ2) is 8.33. The highest BCUT2D eigenvalue weighted by atomic mass is 35.5. The summed E-state index contributed by atoms with van der Waals surface area (Å²) in [5, 5.41) is 13.0. The lowest BCUT2D eigenvalue weighted by Gasteiger charge is -2.16. The predicted molar refractivity (Wildman–Crippen MR) is 109 cm³/mol. The van der Waals surface area contributed by atoms with Crippen molar-refractivity contribution in [3.63, 3.8) is 0 Å². The number of rotatable bonds is 6. The summed E-state index contributed by atoms with van der Waals surface area (Å²) in [7, 11) is 0. The van der Waals surface area contributed by atoms with Crippen molar-refractivity contribution in [2.45, 2.75) is 13.5 Å². The zero-order chi connectivity index (χ0) is 19.4. The van der Waals surface area contributed by atoms with Crippen molar-refractivity contribution in [2.24, 2.45) is 0 Å². The number of hydrogen-bond donors (Lipinski definition) is 2. The summed E-state index contributed by atoms with van der Waals surface area (Å²) < 4.78 is 5.87. The monoisotopic (exact) mass is 401 g/mol. The van der Waals surface area contributed by atoms with Crippen LogP contribution in [0.25, 0.3) is 0 Å². The first-order chi connectivity index (χ1) is 13.0.